The molecule has 0 saturated carbocycles. The molecule has 0 aliphatic carbocycles. The maximum Gasteiger partial charge on any atom is 0.248 e. The first kappa shape index (κ1) is 12.1. The average molecular weight is 251 g/mol. The van der Waals surface area contributed by atoms with Gasteiger partial charge >= 0.3 is 0 Å². The van der Waals surface area contributed by atoms with Crippen molar-refractivity contribution in [2.75, 3.05) is 0 Å². The molecule has 0 fully saturated rings. The second-order valence-corrected chi connectivity index (χ2v) is 5.20. The summed E-state index contributed by atoms with van der Waals surface area (Å²) in [6.07, 6.45) is 0. The number of alkyl halides is 1. The van der Waals surface area contributed by atoms with Crippen molar-refractivity contribution >= 4 is 11.6 Å². The zero-order chi connectivity index (χ0) is 12.5. The average Bonchev–Trinajstić information content (AvgIpc) is 2.76. The maximum absolute atomic E-state index is 5.66. The molecule has 0 N–H and O–H groups in total. The molecule has 0 saturated heterocycles. The van der Waals surface area contributed by atoms with Crippen LogP contribution in [-0.2, 0) is 11.3 Å². The van der Waals surface area contributed by atoms with Gasteiger partial charge in [-0.25, -0.2) is 0 Å². The van der Waals surface area contributed by atoms with E-state index in [0.717, 1.165) is 5.56 Å². The Hall–Kier alpha value is -1.35. The summed E-state index contributed by atoms with van der Waals surface area (Å²) >= 11 is 5.66. The van der Waals surface area contributed by atoms with E-state index < -0.39 is 0 Å². The van der Waals surface area contributed by atoms with Crippen LogP contribution in [0.15, 0.2) is 28.7 Å². The molecule has 0 aliphatic heterocycles. The van der Waals surface area contributed by atoms with Crippen LogP contribution >= 0.6 is 11.6 Å². The van der Waals surface area contributed by atoms with Crippen molar-refractivity contribution in [2.24, 2.45) is 0 Å². The summed E-state index contributed by atoms with van der Waals surface area (Å²) in [6.45, 7) is 6.47. The zero-order valence-electron chi connectivity index (χ0n) is 10.2. The molecule has 1 heterocycles. The molecule has 0 atom stereocenters. The zero-order valence-corrected chi connectivity index (χ0v) is 11.0. The number of aromatic nitrogens is 2. The Balaban J connectivity index is 2.52. The van der Waals surface area contributed by atoms with Gasteiger partial charge < -0.3 is 4.42 Å². The van der Waals surface area contributed by atoms with Crippen LogP contribution in [-0.4, -0.2) is 10.2 Å². The van der Waals surface area contributed by atoms with Gasteiger partial charge in [-0.15, -0.1) is 21.8 Å². The highest BCUT2D eigenvalue weighted by atomic mass is 35.5. The van der Waals surface area contributed by atoms with Gasteiger partial charge in [0.1, 0.15) is 5.88 Å². The highest BCUT2D eigenvalue weighted by molar-refractivity contribution is 6.16. The predicted octanol–water partition coefficient (Wildman–Crippen LogP) is 3.77. The topological polar surface area (TPSA) is 38.9 Å². The minimum Gasteiger partial charge on any atom is -0.419 e. The minimum absolute atomic E-state index is 0.0339. The van der Waals surface area contributed by atoms with E-state index in [0.29, 0.717) is 11.8 Å². The van der Waals surface area contributed by atoms with Crippen molar-refractivity contribution < 1.29 is 4.42 Å². The quantitative estimate of drug-likeness (QED) is 0.762. The highest BCUT2D eigenvalue weighted by Crippen LogP contribution is 2.32. The van der Waals surface area contributed by atoms with Crippen LogP contribution in [0.25, 0.3) is 11.5 Å². The Kier molecular flexibility index (Phi) is 3.20. The standard InChI is InChI=1S/C13H15ClN2O/c1-13(2,3)10-7-5-4-6-9(10)12-16-15-11(8-14)17-12/h4-7H,8H2,1-3H3. The first-order valence-electron chi connectivity index (χ1n) is 5.50. The molecule has 17 heavy (non-hydrogen) atoms. The molecular weight excluding hydrogens is 236 g/mol. The third kappa shape index (κ3) is 2.50. The number of hydrogen-bond donors (Lipinski definition) is 0. The van der Waals surface area contributed by atoms with E-state index in [1.807, 2.05) is 18.2 Å². The summed E-state index contributed by atoms with van der Waals surface area (Å²) in [7, 11) is 0. The molecule has 0 aliphatic rings. The smallest absolute Gasteiger partial charge is 0.248 e. The second kappa shape index (κ2) is 4.49. The van der Waals surface area contributed by atoms with Crippen LogP contribution in [0.2, 0.25) is 0 Å². The molecule has 0 amide bonds. The summed E-state index contributed by atoms with van der Waals surface area (Å²) in [5.41, 5.74) is 2.19. The number of hydrogen-bond acceptors (Lipinski definition) is 3. The van der Waals surface area contributed by atoms with Crippen LogP contribution in [0.4, 0.5) is 0 Å². The predicted molar refractivity (Wildman–Crippen MR) is 68.0 cm³/mol. The third-order valence-electron chi connectivity index (χ3n) is 2.55. The van der Waals surface area contributed by atoms with Crippen molar-refractivity contribution in [3.63, 3.8) is 0 Å². The number of benzene rings is 1. The van der Waals surface area contributed by atoms with Crippen molar-refractivity contribution in [2.45, 2.75) is 32.1 Å². The summed E-state index contributed by atoms with van der Waals surface area (Å²) in [5.74, 6) is 1.22. The lowest BCUT2D eigenvalue weighted by molar-refractivity contribution is 0.522. The number of halogens is 1. The molecule has 4 heteroatoms. The van der Waals surface area contributed by atoms with Gasteiger partial charge in [-0.3, -0.25) is 0 Å². The van der Waals surface area contributed by atoms with E-state index in [9.17, 15) is 0 Å². The molecule has 0 unspecified atom stereocenters. The van der Waals surface area contributed by atoms with E-state index >= 15 is 0 Å². The molecule has 0 bridgehead atoms. The lowest BCUT2D eigenvalue weighted by Gasteiger charge is -2.21. The Bertz CT molecular complexity index is 514. The van der Waals surface area contributed by atoms with Crippen molar-refractivity contribution in [3.05, 3.63) is 35.7 Å². The van der Waals surface area contributed by atoms with Gasteiger partial charge in [-0.2, -0.15) is 0 Å². The van der Waals surface area contributed by atoms with Crippen LogP contribution < -0.4 is 0 Å². The molecule has 3 nitrogen and oxygen atoms in total. The van der Waals surface area contributed by atoms with E-state index in [1.54, 1.807) is 0 Å². The van der Waals surface area contributed by atoms with Gasteiger partial charge in [0.15, 0.2) is 0 Å². The number of nitrogens with zero attached hydrogens (tertiary/aromatic N) is 2. The fourth-order valence-corrected chi connectivity index (χ4v) is 1.85. The molecule has 0 spiro atoms. The molecule has 2 rings (SSSR count). The van der Waals surface area contributed by atoms with Gasteiger partial charge in [0, 0.05) is 5.56 Å². The van der Waals surface area contributed by atoms with E-state index in [1.165, 1.54) is 5.56 Å². The highest BCUT2D eigenvalue weighted by Gasteiger charge is 2.21. The van der Waals surface area contributed by atoms with Gasteiger partial charge in [-0.1, -0.05) is 39.0 Å². The van der Waals surface area contributed by atoms with Crippen molar-refractivity contribution in [3.8, 4) is 11.5 Å². The summed E-state index contributed by atoms with van der Waals surface area (Å²) in [4.78, 5) is 0. The molecule has 2 aromatic rings. The van der Waals surface area contributed by atoms with Crippen molar-refractivity contribution in [1.82, 2.24) is 10.2 Å². The molecule has 1 aromatic heterocycles. The lowest BCUT2D eigenvalue weighted by Crippen LogP contribution is -2.12. The van der Waals surface area contributed by atoms with Gasteiger partial charge in [-0.05, 0) is 17.0 Å². The Morgan fingerprint density at radius 1 is 1.18 bits per heavy atom. The molecule has 1 aromatic carbocycles. The van der Waals surface area contributed by atoms with Crippen LogP contribution in [0.5, 0.6) is 0 Å². The first-order chi connectivity index (χ1) is 8.02. The minimum atomic E-state index is 0.0339. The largest absolute Gasteiger partial charge is 0.419 e. The van der Waals surface area contributed by atoms with E-state index in [-0.39, 0.29) is 11.3 Å². The Morgan fingerprint density at radius 2 is 1.88 bits per heavy atom. The van der Waals surface area contributed by atoms with Crippen molar-refractivity contribution in [1.29, 1.82) is 0 Å². The van der Waals surface area contributed by atoms with Crippen LogP contribution in [0.3, 0.4) is 0 Å². The van der Waals surface area contributed by atoms with Gasteiger partial charge in [0.25, 0.3) is 0 Å². The van der Waals surface area contributed by atoms with E-state index in [2.05, 4.69) is 37.0 Å². The van der Waals surface area contributed by atoms with Crippen LogP contribution in [0, 0.1) is 0 Å². The molecule has 90 valence electrons. The second-order valence-electron chi connectivity index (χ2n) is 4.93. The Labute approximate surface area is 106 Å². The Morgan fingerprint density at radius 3 is 2.47 bits per heavy atom. The molecule has 0 radical (unpaired) electrons. The summed E-state index contributed by atoms with van der Waals surface area (Å²) in [5, 5.41) is 7.92. The third-order valence-corrected chi connectivity index (χ3v) is 2.78. The number of rotatable bonds is 2. The fourth-order valence-electron chi connectivity index (χ4n) is 1.74. The fraction of sp³-hybridized carbons (Fsp3) is 0.385. The lowest BCUT2D eigenvalue weighted by atomic mass is 9.84. The summed E-state index contributed by atoms with van der Waals surface area (Å²) in [6, 6.07) is 8.06. The molecular formula is C13H15ClN2O. The van der Waals surface area contributed by atoms with Crippen LogP contribution in [0.1, 0.15) is 32.2 Å². The summed E-state index contributed by atoms with van der Waals surface area (Å²) < 4.78 is 5.50. The maximum atomic E-state index is 5.66. The monoisotopic (exact) mass is 250 g/mol. The van der Waals surface area contributed by atoms with E-state index in [4.69, 9.17) is 16.0 Å². The normalized spacial score (nSPS) is 11.8. The van der Waals surface area contributed by atoms with Gasteiger partial charge in [0.2, 0.25) is 11.8 Å². The SMILES string of the molecule is CC(C)(C)c1ccccc1-c1nnc(CCl)o1. The van der Waals surface area contributed by atoms with Gasteiger partial charge in [0.05, 0.1) is 0 Å². The first-order valence-corrected chi connectivity index (χ1v) is 6.04.